The summed E-state index contributed by atoms with van der Waals surface area (Å²) < 4.78 is 42.4. The lowest BCUT2D eigenvalue weighted by Crippen LogP contribution is -2.19. The third kappa shape index (κ3) is 4.49. The Morgan fingerprint density at radius 3 is 2.50 bits per heavy atom. The van der Waals surface area contributed by atoms with Gasteiger partial charge in [0, 0.05) is 12.5 Å². The molecule has 0 heterocycles. The minimum absolute atomic E-state index is 0.0127. The summed E-state index contributed by atoms with van der Waals surface area (Å²) in [6.45, 7) is 0. The Morgan fingerprint density at radius 1 is 1.39 bits per heavy atom. The van der Waals surface area contributed by atoms with E-state index in [-0.39, 0.29) is 12.5 Å². The Labute approximate surface area is 113 Å². The lowest BCUT2D eigenvalue weighted by atomic mass is 10.0. The van der Waals surface area contributed by atoms with E-state index in [1.807, 2.05) is 0 Å². The van der Waals surface area contributed by atoms with Gasteiger partial charge in [-0.2, -0.15) is 13.2 Å². The van der Waals surface area contributed by atoms with Crippen molar-refractivity contribution in [1.29, 1.82) is 0 Å². The zero-order valence-electron chi connectivity index (χ0n) is 10.1. The van der Waals surface area contributed by atoms with Crippen molar-refractivity contribution in [3.05, 3.63) is 28.2 Å². The molecule has 0 aliphatic rings. The number of alkyl halides is 3. The van der Waals surface area contributed by atoms with Gasteiger partial charge >= 0.3 is 6.18 Å². The lowest BCUT2D eigenvalue weighted by molar-refractivity contribution is -0.136. The van der Waals surface area contributed by atoms with Crippen LogP contribution in [0.25, 0.3) is 0 Å². The number of rotatable bonds is 5. The summed E-state index contributed by atoms with van der Waals surface area (Å²) in [5.41, 5.74) is 0.800. The highest BCUT2D eigenvalue weighted by Crippen LogP contribution is 2.31. The van der Waals surface area contributed by atoms with Crippen LogP contribution in [0.3, 0.4) is 0 Å². The molecule has 6 heteroatoms. The standard InChI is InChI=1S/C12H15BrF3NO/c1-17-10(5-6-12(14,15)16)8-3-4-11(18-2)9(13)7-8/h3-4,7,10,17H,5-6H2,1-2H3. The second-order valence-corrected chi connectivity index (χ2v) is 4.74. The Bertz CT molecular complexity index is 395. The highest BCUT2D eigenvalue weighted by atomic mass is 79.9. The van der Waals surface area contributed by atoms with Crippen LogP contribution in [-0.2, 0) is 0 Å². The van der Waals surface area contributed by atoms with Crippen molar-refractivity contribution in [1.82, 2.24) is 5.32 Å². The lowest BCUT2D eigenvalue weighted by Gasteiger charge is -2.18. The quantitative estimate of drug-likeness (QED) is 0.881. The molecular weight excluding hydrogens is 311 g/mol. The molecule has 0 aliphatic carbocycles. The maximum absolute atomic E-state index is 12.2. The predicted octanol–water partition coefficient (Wildman–Crippen LogP) is 4.06. The number of methoxy groups -OCH3 is 1. The summed E-state index contributed by atoms with van der Waals surface area (Å²) >= 11 is 3.32. The van der Waals surface area contributed by atoms with Crippen LogP contribution in [0.2, 0.25) is 0 Å². The van der Waals surface area contributed by atoms with Crippen molar-refractivity contribution in [3.63, 3.8) is 0 Å². The Balaban J connectivity index is 2.79. The van der Waals surface area contributed by atoms with E-state index in [4.69, 9.17) is 4.74 Å². The third-order valence-electron chi connectivity index (χ3n) is 2.64. The molecule has 0 aliphatic heterocycles. The van der Waals surface area contributed by atoms with Crippen molar-refractivity contribution < 1.29 is 17.9 Å². The van der Waals surface area contributed by atoms with Crippen molar-refractivity contribution in [2.45, 2.75) is 25.1 Å². The topological polar surface area (TPSA) is 21.3 Å². The molecule has 18 heavy (non-hydrogen) atoms. The zero-order valence-corrected chi connectivity index (χ0v) is 11.7. The van der Waals surface area contributed by atoms with E-state index in [0.717, 1.165) is 10.0 Å². The number of hydrogen-bond acceptors (Lipinski definition) is 2. The number of halogens is 4. The maximum atomic E-state index is 12.2. The van der Waals surface area contributed by atoms with Crippen molar-refractivity contribution in [2.24, 2.45) is 0 Å². The molecule has 0 amide bonds. The molecule has 102 valence electrons. The summed E-state index contributed by atoms with van der Waals surface area (Å²) in [4.78, 5) is 0. The van der Waals surface area contributed by atoms with Crippen LogP contribution in [0.15, 0.2) is 22.7 Å². The normalized spacial score (nSPS) is 13.4. The van der Waals surface area contributed by atoms with Crippen molar-refractivity contribution in [2.75, 3.05) is 14.2 Å². The van der Waals surface area contributed by atoms with Crippen LogP contribution >= 0.6 is 15.9 Å². The van der Waals surface area contributed by atoms with Crippen molar-refractivity contribution in [3.8, 4) is 5.75 Å². The fourth-order valence-corrected chi connectivity index (χ4v) is 2.24. The van der Waals surface area contributed by atoms with Gasteiger partial charge in [-0.3, -0.25) is 0 Å². The molecule has 1 rings (SSSR count). The Kier molecular flexibility index (Phi) is 5.47. The summed E-state index contributed by atoms with van der Waals surface area (Å²) in [5, 5.41) is 2.89. The largest absolute Gasteiger partial charge is 0.496 e. The van der Waals surface area contributed by atoms with Crippen LogP contribution in [0.5, 0.6) is 5.75 Å². The van der Waals surface area contributed by atoms with E-state index >= 15 is 0 Å². The molecule has 0 saturated heterocycles. The average molecular weight is 326 g/mol. The molecule has 1 unspecified atom stereocenters. The first-order chi connectivity index (χ1) is 8.37. The minimum atomic E-state index is -4.13. The van der Waals surface area contributed by atoms with Gasteiger partial charge in [0.05, 0.1) is 11.6 Å². The van der Waals surface area contributed by atoms with E-state index in [0.29, 0.717) is 5.75 Å². The maximum Gasteiger partial charge on any atom is 0.389 e. The Hall–Kier alpha value is -0.750. The molecule has 1 N–H and O–H groups in total. The fraction of sp³-hybridized carbons (Fsp3) is 0.500. The monoisotopic (exact) mass is 325 g/mol. The van der Waals surface area contributed by atoms with Gasteiger partial charge in [-0.1, -0.05) is 6.07 Å². The summed E-state index contributed by atoms with van der Waals surface area (Å²) in [7, 11) is 3.19. The summed E-state index contributed by atoms with van der Waals surface area (Å²) in [6, 6.07) is 4.95. The first-order valence-corrected chi connectivity index (χ1v) is 6.24. The molecule has 1 aromatic carbocycles. The molecule has 0 spiro atoms. The number of hydrogen-bond donors (Lipinski definition) is 1. The van der Waals surface area contributed by atoms with Gasteiger partial charge in [0.2, 0.25) is 0 Å². The number of nitrogens with one attached hydrogen (secondary N) is 1. The Morgan fingerprint density at radius 2 is 2.06 bits per heavy atom. The van der Waals surface area contributed by atoms with Crippen molar-refractivity contribution >= 4 is 15.9 Å². The van der Waals surface area contributed by atoms with Gasteiger partial charge in [0.1, 0.15) is 5.75 Å². The molecule has 1 aromatic rings. The van der Waals surface area contributed by atoms with Crippen LogP contribution in [0.1, 0.15) is 24.4 Å². The molecule has 2 nitrogen and oxygen atoms in total. The molecule has 0 bridgehead atoms. The molecule has 0 aromatic heterocycles. The minimum Gasteiger partial charge on any atom is -0.496 e. The van der Waals surface area contributed by atoms with Gasteiger partial charge in [0.15, 0.2) is 0 Å². The van der Waals surface area contributed by atoms with E-state index in [9.17, 15) is 13.2 Å². The molecule has 0 fully saturated rings. The second-order valence-electron chi connectivity index (χ2n) is 3.89. The third-order valence-corrected chi connectivity index (χ3v) is 3.26. The number of ether oxygens (including phenoxy) is 1. The molecule has 0 saturated carbocycles. The first-order valence-electron chi connectivity index (χ1n) is 5.45. The molecule has 1 atom stereocenters. The zero-order chi connectivity index (χ0) is 13.8. The van der Waals surface area contributed by atoms with Gasteiger partial charge in [0.25, 0.3) is 0 Å². The highest BCUT2D eigenvalue weighted by Gasteiger charge is 2.28. The van der Waals surface area contributed by atoms with Gasteiger partial charge in [-0.05, 0) is 47.1 Å². The van der Waals surface area contributed by atoms with E-state index < -0.39 is 12.6 Å². The van der Waals surface area contributed by atoms with E-state index in [2.05, 4.69) is 21.2 Å². The summed E-state index contributed by atoms with van der Waals surface area (Å²) in [5.74, 6) is 0.657. The molecule has 0 radical (unpaired) electrons. The number of benzene rings is 1. The van der Waals surface area contributed by atoms with Crippen LogP contribution < -0.4 is 10.1 Å². The fourth-order valence-electron chi connectivity index (χ4n) is 1.69. The van der Waals surface area contributed by atoms with Crippen LogP contribution in [0.4, 0.5) is 13.2 Å². The van der Waals surface area contributed by atoms with Crippen LogP contribution in [-0.4, -0.2) is 20.3 Å². The predicted molar refractivity (Wildman–Crippen MR) is 67.8 cm³/mol. The van der Waals surface area contributed by atoms with Gasteiger partial charge in [-0.25, -0.2) is 0 Å². The highest BCUT2D eigenvalue weighted by molar-refractivity contribution is 9.10. The molecular formula is C12H15BrF3NO. The summed E-state index contributed by atoms with van der Waals surface area (Å²) in [6.07, 6.45) is -4.92. The van der Waals surface area contributed by atoms with Gasteiger partial charge in [-0.15, -0.1) is 0 Å². The average Bonchev–Trinajstić information content (AvgIpc) is 2.28. The van der Waals surface area contributed by atoms with E-state index in [1.54, 1.807) is 32.4 Å². The van der Waals surface area contributed by atoms with Gasteiger partial charge < -0.3 is 10.1 Å². The van der Waals surface area contributed by atoms with E-state index in [1.165, 1.54) is 0 Å². The second kappa shape index (κ2) is 6.43. The van der Waals surface area contributed by atoms with Crippen LogP contribution in [0, 0.1) is 0 Å². The smallest absolute Gasteiger partial charge is 0.389 e. The first kappa shape index (κ1) is 15.3. The SMILES string of the molecule is CNC(CCC(F)(F)F)c1ccc(OC)c(Br)c1.